The van der Waals surface area contributed by atoms with Gasteiger partial charge in [-0.05, 0) is 12.5 Å². The van der Waals surface area contributed by atoms with Crippen LogP contribution in [0.15, 0.2) is 11.1 Å². The van der Waals surface area contributed by atoms with Gasteiger partial charge in [-0.2, -0.15) is 0 Å². The Bertz CT molecular complexity index is 248. The molecule has 1 saturated heterocycles. The molecule has 0 spiro atoms. The van der Waals surface area contributed by atoms with Crippen LogP contribution >= 0.6 is 11.6 Å². The normalized spacial score (nSPS) is 20.5. The minimum absolute atomic E-state index is 0.151. The van der Waals surface area contributed by atoms with Crippen LogP contribution in [0, 0.1) is 0 Å². The summed E-state index contributed by atoms with van der Waals surface area (Å²) in [6.45, 7) is 6.49. The van der Waals surface area contributed by atoms with Gasteiger partial charge in [0, 0.05) is 38.3 Å². The fraction of sp³-hybridized carbons (Fsp3) is 0.700. The van der Waals surface area contributed by atoms with Gasteiger partial charge in [0.25, 0.3) is 0 Å². The third kappa shape index (κ3) is 4.64. The van der Waals surface area contributed by atoms with Crippen molar-refractivity contribution in [2.24, 2.45) is 0 Å². The molecule has 0 aliphatic carbocycles. The van der Waals surface area contributed by atoms with Gasteiger partial charge < -0.3 is 5.11 Å². The highest BCUT2D eigenvalue weighted by molar-refractivity contribution is 6.25. The zero-order valence-electron chi connectivity index (χ0n) is 8.95. The van der Waals surface area contributed by atoms with Gasteiger partial charge in [-0.25, -0.2) is 0 Å². The summed E-state index contributed by atoms with van der Waals surface area (Å²) in [7, 11) is 0. The highest BCUT2D eigenvalue weighted by Crippen LogP contribution is 2.05. The molecule has 5 heteroatoms. The van der Waals surface area contributed by atoms with Crippen LogP contribution in [0.5, 0.6) is 0 Å². The number of rotatable bonds is 4. The highest BCUT2D eigenvalue weighted by Gasteiger charge is 2.18. The Balaban J connectivity index is 2.26. The van der Waals surface area contributed by atoms with Crippen LogP contribution in [0.4, 0.5) is 0 Å². The van der Waals surface area contributed by atoms with Crippen LogP contribution in [0.3, 0.4) is 0 Å². The summed E-state index contributed by atoms with van der Waals surface area (Å²) in [5.74, 6) is -0.750. The summed E-state index contributed by atoms with van der Waals surface area (Å²) < 4.78 is 0. The Kier molecular flexibility index (Phi) is 5.08. The molecule has 1 heterocycles. The van der Waals surface area contributed by atoms with E-state index >= 15 is 0 Å². The predicted molar refractivity (Wildman–Crippen MR) is 60.1 cm³/mol. The lowest BCUT2D eigenvalue weighted by molar-refractivity contribution is -0.138. The molecule has 0 unspecified atom stereocenters. The molecule has 0 bridgehead atoms. The lowest BCUT2D eigenvalue weighted by Gasteiger charge is -2.33. The van der Waals surface area contributed by atoms with E-state index in [1.165, 1.54) is 0 Å². The van der Waals surface area contributed by atoms with E-state index in [2.05, 4.69) is 4.90 Å². The zero-order chi connectivity index (χ0) is 11.3. The number of carboxylic acids is 1. The second-order valence-electron chi connectivity index (χ2n) is 3.90. The van der Waals surface area contributed by atoms with E-state index in [9.17, 15) is 4.79 Å². The molecule has 1 rings (SSSR count). The van der Waals surface area contributed by atoms with E-state index in [1.807, 2.05) is 11.8 Å². The molecule has 1 fully saturated rings. The topological polar surface area (TPSA) is 43.8 Å². The molecule has 1 N–H and O–H groups in total. The highest BCUT2D eigenvalue weighted by atomic mass is 35.5. The van der Waals surface area contributed by atoms with Crippen LogP contribution in [-0.4, -0.2) is 60.1 Å². The molecule has 0 saturated carbocycles. The van der Waals surface area contributed by atoms with Crippen LogP contribution < -0.4 is 0 Å². The Labute approximate surface area is 95.1 Å². The first-order valence-electron chi connectivity index (χ1n) is 5.04. The second-order valence-corrected chi connectivity index (χ2v) is 4.12. The lowest BCUT2D eigenvalue weighted by atomic mass is 10.2. The Morgan fingerprint density at radius 1 is 1.27 bits per heavy atom. The standard InChI is InChI=1S/C10H17ClN2O2/c1-9(6-11)7-12-2-4-13(5-3-12)8-10(14)15/h6H,2-5,7-8H2,1H3,(H,14,15). The molecular weight excluding hydrogens is 216 g/mol. The quantitative estimate of drug-likeness (QED) is 0.780. The van der Waals surface area contributed by atoms with Gasteiger partial charge >= 0.3 is 5.97 Å². The van der Waals surface area contributed by atoms with Crippen LogP contribution in [-0.2, 0) is 4.79 Å². The lowest BCUT2D eigenvalue weighted by Crippen LogP contribution is -2.48. The van der Waals surface area contributed by atoms with E-state index in [1.54, 1.807) is 5.54 Å². The molecule has 15 heavy (non-hydrogen) atoms. The van der Waals surface area contributed by atoms with Crippen LogP contribution in [0.25, 0.3) is 0 Å². The maximum absolute atomic E-state index is 10.5. The van der Waals surface area contributed by atoms with Gasteiger partial charge in [-0.15, -0.1) is 0 Å². The zero-order valence-corrected chi connectivity index (χ0v) is 9.70. The summed E-state index contributed by atoms with van der Waals surface area (Å²) >= 11 is 5.59. The number of halogens is 1. The maximum atomic E-state index is 10.5. The van der Waals surface area contributed by atoms with Crippen molar-refractivity contribution in [3.63, 3.8) is 0 Å². The SMILES string of the molecule is CC(=CCl)CN1CCN(CC(=O)O)CC1. The van der Waals surface area contributed by atoms with Crippen molar-refractivity contribution in [3.05, 3.63) is 11.1 Å². The van der Waals surface area contributed by atoms with E-state index in [4.69, 9.17) is 16.7 Å². The third-order valence-electron chi connectivity index (χ3n) is 2.48. The minimum Gasteiger partial charge on any atom is -0.480 e. The molecule has 0 aromatic carbocycles. The average Bonchev–Trinajstić information content (AvgIpc) is 2.20. The van der Waals surface area contributed by atoms with Crippen molar-refractivity contribution in [3.8, 4) is 0 Å². The van der Waals surface area contributed by atoms with Gasteiger partial charge in [-0.3, -0.25) is 14.6 Å². The molecule has 0 aromatic heterocycles. The number of carboxylic acid groups (broad SMARTS) is 1. The number of hydrogen-bond donors (Lipinski definition) is 1. The van der Waals surface area contributed by atoms with E-state index in [-0.39, 0.29) is 6.54 Å². The fourth-order valence-corrected chi connectivity index (χ4v) is 1.75. The number of aliphatic carboxylic acids is 1. The molecule has 86 valence electrons. The van der Waals surface area contributed by atoms with Crippen molar-refractivity contribution in [1.82, 2.24) is 9.80 Å². The monoisotopic (exact) mass is 232 g/mol. The first-order valence-corrected chi connectivity index (χ1v) is 5.48. The Morgan fingerprint density at radius 3 is 2.13 bits per heavy atom. The summed E-state index contributed by atoms with van der Waals surface area (Å²) in [4.78, 5) is 14.7. The summed E-state index contributed by atoms with van der Waals surface area (Å²) in [5.41, 5.74) is 2.74. The Hall–Kier alpha value is -0.580. The molecular formula is C10H17ClN2O2. The molecule has 4 nitrogen and oxygen atoms in total. The molecule has 0 aromatic rings. The van der Waals surface area contributed by atoms with Crippen LogP contribution in [0.2, 0.25) is 0 Å². The van der Waals surface area contributed by atoms with Gasteiger partial charge in [0.05, 0.1) is 6.54 Å². The van der Waals surface area contributed by atoms with Crippen molar-refractivity contribution in [2.45, 2.75) is 6.92 Å². The minimum atomic E-state index is -0.750. The van der Waals surface area contributed by atoms with Crippen molar-refractivity contribution >= 4 is 17.6 Å². The molecule has 0 atom stereocenters. The van der Waals surface area contributed by atoms with E-state index in [0.717, 1.165) is 38.3 Å². The smallest absolute Gasteiger partial charge is 0.317 e. The Morgan fingerprint density at radius 2 is 1.73 bits per heavy atom. The predicted octanol–water partition coefficient (Wildman–Crippen LogP) is 0.831. The van der Waals surface area contributed by atoms with Crippen molar-refractivity contribution < 1.29 is 9.90 Å². The van der Waals surface area contributed by atoms with Gasteiger partial charge in [0.1, 0.15) is 0 Å². The number of hydrogen-bond acceptors (Lipinski definition) is 3. The van der Waals surface area contributed by atoms with Gasteiger partial charge in [0.15, 0.2) is 0 Å². The average molecular weight is 233 g/mol. The van der Waals surface area contributed by atoms with Crippen molar-refractivity contribution in [1.29, 1.82) is 0 Å². The second kappa shape index (κ2) is 6.10. The fourth-order valence-electron chi connectivity index (χ4n) is 1.68. The first-order chi connectivity index (χ1) is 7.11. The summed E-state index contributed by atoms with van der Waals surface area (Å²) in [5, 5.41) is 8.63. The summed E-state index contributed by atoms with van der Waals surface area (Å²) in [6.07, 6.45) is 0. The molecule has 0 amide bonds. The first kappa shape index (κ1) is 12.5. The largest absolute Gasteiger partial charge is 0.480 e. The van der Waals surface area contributed by atoms with Crippen molar-refractivity contribution in [2.75, 3.05) is 39.3 Å². The maximum Gasteiger partial charge on any atom is 0.317 e. The van der Waals surface area contributed by atoms with Gasteiger partial charge in [-0.1, -0.05) is 11.6 Å². The van der Waals surface area contributed by atoms with Gasteiger partial charge in [0.2, 0.25) is 0 Å². The van der Waals surface area contributed by atoms with E-state index < -0.39 is 5.97 Å². The number of carbonyl (C=O) groups is 1. The molecule has 1 aliphatic rings. The van der Waals surface area contributed by atoms with E-state index in [0.29, 0.717) is 0 Å². The number of piperazine rings is 1. The van der Waals surface area contributed by atoms with Crippen LogP contribution in [0.1, 0.15) is 6.92 Å². The number of nitrogens with zero attached hydrogens (tertiary/aromatic N) is 2. The molecule has 1 aliphatic heterocycles. The third-order valence-corrected chi connectivity index (χ3v) is 2.86. The summed E-state index contributed by atoms with van der Waals surface area (Å²) in [6, 6.07) is 0. The molecule has 0 radical (unpaired) electrons.